The number of aromatic nitrogens is 3. The summed E-state index contributed by atoms with van der Waals surface area (Å²) in [5.74, 6) is 1.75. The van der Waals surface area contributed by atoms with Crippen molar-refractivity contribution in [3.05, 3.63) is 18.0 Å². The summed E-state index contributed by atoms with van der Waals surface area (Å²) in [6.07, 6.45) is -0.00393. The molecule has 1 saturated heterocycles. The van der Waals surface area contributed by atoms with E-state index in [4.69, 9.17) is 4.74 Å². The Morgan fingerprint density at radius 3 is 2.94 bits per heavy atom. The molecule has 0 spiro atoms. The van der Waals surface area contributed by atoms with E-state index in [0.717, 1.165) is 42.5 Å². The zero-order valence-corrected chi connectivity index (χ0v) is 10.6. The van der Waals surface area contributed by atoms with E-state index in [2.05, 4.69) is 20.3 Å². The summed E-state index contributed by atoms with van der Waals surface area (Å²) in [7, 11) is 3.94. The number of nitrogens with zero attached hydrogens (tertiary/aromatic N) is 3. The average molecular weight is 247 g/mol. The molecule has 6 nitrogen and oxygen atoms in total. The molecule has 1 fully saturated rings. The van der Waals surface area contributed by atoms with Gasteiger partial charge in [-0.25, -0.2) is 9.97 Å². The maximum Gasteiger partial charge on any atom is 0.179 e. The second-order valence-electron chi connectivity index (χ2n) is 4.62. The molecule has 1 atom stereocenters. The van der Waals surface area contributed by atoms with Crippen LogP contribution >= 0.6 is 0 Å². The lowest BCUT2D eigenvalue weighted by molar-refractivity contribution is 0.0228. The first-order valence-corrected chi connectivity index (χ1v) is 6.10. The predicted octanol–water partition coefficient (Wildman–Crippen LogP) is 0.685. The molecular weight excluding hydrogens is 230 g/mol. The van der Waals surface area contributed by atoms with Gasteiger partial charge in [0.05, 0.1) is 12.1 Å². The Balaban J connectivity index is 1.94. The third kappa shape index (κ3) is 2.04. The quantitative estimate of drug-likeness (QED) is 0.817. The van der Waals surface area contributed by atoms with Gasteiger partial charge in [0.25, 0.3) is 0 Å². The highest BCUT2D eigenvalue weighted by Gasteiger charge is 2.19. The lowest BCUT2D eigenvalue weighted by atomic mass is 10.3. The van der Waals surface area contributed by atoms with Gasteiger partial charge in [0.2, 0.25) is 0 Å². The molecule has 0 aliphatic carbocycles. The molecule has 96 valence electrons. The molecule has 2 aromatic rings. The van der Waals surface area contributed by atoms with Gasteiger partial charge in [-0.15, -0.1) is 0 Å². The monoisotopic (exact) mass is 247 g/mol. The molecule has 1 aliphatic heterocycles. The minimum Gasteiger partial charge on any atom is -0.368 e. The van der Waals surface area contributed by atoms with Gasteiger partial charge in [0.15, 0.2) is 5.65 Å². The number of H-pyrrole nitrogens is 1. The van der Waals surface area contributed by atoms with Crippen molar-refractivity contribution in [1.29, 1.82) is 0 Å². The van der Waals surface area contributed by atoms with Crippen LogP contribution in [0.2, 0.25) is 0 Å². The molecule has 18 heavy (non-hydrogen) atoms. The van der Waals surface area contributed by atoms with Crippen LogP contribution < -0.4 is 10.2 Å². The summed E-state index contributed by atoms with van der Waals surface area (Å²) < 4.78 is 5.68. The van der Waals surface area contributed by atoms with E-state index in [-0.39, 0.29) is 6.10 Å². The van der Waals surface area contributed by atoms with Crippen LogP contribution in [0.3, 0.4) is 0 Å². The first-order chi connectivity index (χ1) is 8.74. The number of hydrogen-bond acceptors (Lipinski definition) is 5. The predicted molar refractivity (Wildman–Crippen MR) is 69.8 cm³/mol. The van der Waals surface area contributed by atoms with Gasteiger partial charge >= 0.3 is 0 Å². The zero-order chi connectivity index (χ0) is 12.5. The Hall–Kier alpha value is -1.66. The second-order valence-corrected chi connectivity index (χ2v) is 4.62. The highest BCUT2D eigenvalue weighted by atomic mass is 16.5. The Labute approximate surface area is 105 Å². The van der Waals surface area contributed by atoms with Crippen molar-refractivity contribution in [1.82, 2.24) is 20.3 Å². The highest BCUT2D eigenvalue weighted by Crippen LogP contribution is 2.20. The highest BCUT2D eigenvalue weighted by molar-refractivity contribution is 5.73. The van der Waals surface area contributed by atoms with Crippen LogP contribution in [-0.4, -0.2) is 48.7 Å². The first kappa shape index (κ1) is 11.4. The Morgan fingerprint density at radius 1 is 1.33 bits per heavy atom. The van der Waals surface area contributed by atoms with Crippen molar-refractivity contribution in [3.63, 3.8) is 0 Å². The summed E-state index contributed by atoms with van der Waals surface area (Å²) in [5, 5.41) is 3.29. The van der Waals surface area contributed by atoms with E-state index < -0.39 is 0 Å². The standard InChI is InChI=1S/C12H17N5O/c1-17(2)10-4-3-8-11(15-10)16-12(14-8)9-7-13-5-6-18-9/h3-4,9,13H,5-7H2,1-2H3,(H,14,15,16). The lowest BCUT2D eigenvalue weighted by Gasteiger charge is -2.21. The van der Waals surface area contributed by atoms with Crippen molar-refractivity contribution in [2.45, 2.75) is 6.10 Å². The summed E-state index contributed by atoms with van der Waals surface area (Å²) in [5.41, 5.74) is 1.69. The SMILES string of the molecule is CN(C)c1ccc2[nH]c(C3CNCCO3)nc2n1. The maximum atomic E-state index is 5.68. The van der Waals surface area contributed by atoms with Gasteiger partial charge in [-0.3, -0.25) is 0 Å². The number of imidazole rings is 1. The maximum absolute atomic E-state index is 5.68. The van der Waals surface area contributed by atoms with E-state index in [1.807, 2.05) is 31.1 Å². The Morgan fingerprint density at radius 2 is 2.22 bits per heavy atom. The summed E-state index contributed by atoms with van der Waals surface area (Å²) >= 11 is 0. The molecule has 0 radical (unpaired) electrons. The van der Waals surface area contributed by atoms with Crippen LogP contribution in [0.25, 0.3) is 11.2 Å². The second kappa shape index (κ2) is 4.55. The summed E-state index contributed by atoms with van der Waals surface area (Å²) in [6.45, 7) is 2.41. The molecular formula is C12H17N5O. The van der Waals surface area contributed by atoms with Crippen LogP contribution in [0, 0.1) is 0 Å². The minimum absolute atomic E-state index is 0.00393. The van der Waals surface area contributed by atoms with E-state index in [1.165, 1.54) is 0 Å². The van der Waals surface area contributed by atoms with E-state index >= 15 is 0 Å². The van der Waals surface area contributed by atoms with Crippen LogP contribution in [0.5, 0.6) is 0 Å². The third-order valence-electron chi connectivity index (χ3n) is 3.04. The zero-order valence-electron chi connectivity index (χ0n) is 10.6. The number of rotatable bonds is 2. The van der Waals surface area contributed by atoms with Crippen LogP contribution in [-0.2, 0) is 4.74 Å². The van der Waals surface area contributed by atoms with E-state index in [0.29, 0.717) is 0 Å². The van der Waals surface area contributed by atoms with Gasteiger partial charge in [-0.05, 0) is 12.1 Å². The Kier molecular flexibility index (Phi) is 2.89. The molecule has 0 saturated carbocycles. The van der Waals surface area contributed by atoms with Crippen LogP contribution in [0.4, 0.5) is 5.82 Å². The molecule has 0 aromatic carbocycles. The molecule has 2 aromatic heterocycles. The van der Waals surface area contributed by atoms with E-state index in [9.17, 15) is 0 Å². The van der Waals surface area contributed by atoms with Crippen LogP contribution in [0.15, 0.2) is 12.1 Å². The molecule has 3 rings (SSSR count). The third-order valence-corrected chi connectivity index (χ3v) is 3.04. The topological polar surface area (TPSA) is 66.1 Å². The molecule has 1 aliphatic rings. The Bertz CT molecular complexity index is 544. The number of pyridine rings is 1. The lowest BCUT2D eigenvalue weighted by Crippen LogP contribution is -2.33. The van der Waals surface area contributed by atoms with E-state index in [1.54, 1.807) is 0 Å². The fourth-order valence-corrected chi connectivity index (χ4v) is 2.04. The molecule has 0 bridgehead atoms. The largest absolute Gasteiger partial charge is 0.368 e. The molecule has 0 amide bonds. The summed E-state index contributed by atoms with van der Waals surface area (Å²) in [4.78, 5) is 14.3. The minimum atomic E-state index is -0.00393. The van der Waals surface area contributed by atoms with Crippen molar-refractivity contribution in [3.8, 4) is 0 Å². The van der Waals surface area contributed by atoms with Gasteiger partial charge in [0.1, 0.15) is 17.7 Å². The number of ether oxygens (including phenoxy) is 1. The fraction of sp³-hybridized carbons (Fsp3) is 0.500. The van der Waals surface area contributed by atoms with Gasteiger partial charge < -0.3 is 19.9 Å². The molecule has 2 N–H and O–H groups in total. The normalized spacial score (nSPS) is 20.2. The molecule has 1 unspecified atom stereocenters. The van der Waals surface area contributed by atoms with Gasteiger partial charge in [-0.2, -0.15) is 0 Å². The molecule has 3 heterocycles. The van der Waals surface area contributed by atoms with Crippen LogP contribution in [0.1, 0.15) is 11.9 Å². The van der Waals surface area contributed by atoms with Gasteiger partial charge in [-0.1, -0.05) is 0 Å². The number of morpholine rings is 1. The number of hydrogen-bond donors (Lipinski definition) is 2. The molecule has 6 heteroatoms. The number of aromatic amines is 1. The number of anilines is 1. The van der Waals surface area contributed by atoms with Gasteiger partial charge in [0, 0.05) is 27.2 Å². The number of fused-ring (bicyclic) bond motifs is 1. The number of nitrogens with one attached hydrogen (secondary N) is 2. The average Bonchev–Trinajstić information content (AvgIpc) is 2.82. The fourth-order valence-electron chi connectivity index (χ4n) is 2.04. The summed E-state index contributed by atoms with van der Waals surface area (Å²) in [6, 6.07) is 3.98. The first-order valence-electron chi connectivity index (χ1n) is 6.10. The van der Waals surface area contributed by atoms with Crippen molar-refractivity contribution >= 4 is 17.0 Å². The van der Waals surface area contributed by atoms with Crippen molar-refractivity contribution < 1.29 is 4.74 Å². The smallest absolute Gasteiger partial charge is 0.179 e. The van der Waals surface area contributed by atoms with Crippen molar-refractivity contribution in [2.24, 2.45) is 0 Å². The van der Waals surface area contributed by atoms with Crippen molar-refractivity contribution in [2.75, 3.05) is 38.7 Å².